The van der Waals surface area contributed by atoms with Crippen LogP contribution in [0.3, 0.4) is 0 Å². The van der Waals surface area contributed by atoms with Gasteiger partial charge in [0, 0.05) is 13.1 Å². The van der Waals surface area contributed by atoms with Crippen LogP contribution < -0.4 is 4.74 Å². The number of sulfonamides is 1. The summed E-state index contributed by atoms with van der Waals surface area (Å²) in [6.45, 7) is 8.51. The lowest BCUT2D eigenvalue weighted by Gasteiger charge is -2.25. The van der Waals surface area contributed by atoms with Crippen molar-refractivity contribution in [2.24, 2.45) is 5.92 Å². The van der Waals surface area contributed by atoms with Crippen molar-refractivity contribution in [3.63, 3.8) is 0 Å². The van der Waals surface area contributed by atoms with Crippen molar-refractivity contribution in [3.05, 3.63) is 77.9 Å². The van der Waals surface area contributed by atoms with E-state index in [0.29, 0.717) is 19.5 Å². The quantitative estimate of drug-likeness (QED) is 0.501. The number of rotatable bonds is 11. The first-order chi connectivity index (χ1) is 13.4. The molecule has 0 aliphatic rings. The first kappa shape index (κ1) is 22.2. The molecule has 0 fully saturated rings. The fourth-order valence-corrected chi connectivity index (χ4v) is 4.95. The highest BCUT2D eigenvalue weighted by atomic mass is 32.2. The molecule has 0 heterocycles. The predicted molar refractivity (Wildman–Crippen MR) is 116 cm³/mol. The molecule has 2 rings (SSSR count). The fraction of sp³-hybridized carbons (Fsp3) is 0.391. The van der Waals surface area contributed by atoms with Gasteiger partial charge in [-0.05, 0) is 42.5 Å². The number of aryl methyl sites for hydroxylation is 1. The summed E-state index contributed by atoms with van der Waals surface area (Å²) in [5, 5.41) is 0. The minimum Gasteiger partial charge on any atom is -0.497 e. The highest BCUT2D eigenvalue weighted by Crippen LogP contribution is 2.21. The molecular formula is C23H31NO3S. The van der Waals surface area contributed by atoms with Crippen molar-refractivity contribution < 1.29 is 13.2 Å². The number of nitrogens with zero attached hydrogens (tertiary/aromatic N) is 1. The zero-order chi connectivity index (χ0) is 20.6. The summed E-state index contributed by atoms with van der Waals surface area (Å²) in [7, 11) is -1.81. The largest absolute Gasteiger partial charge is 0.497 e. The van der Waals surface area contributed by atoms with Crippen LogP contribution in [-0.2, 0) is 23.1 Å². The maximum atomic E-state index is 13.2. The standard InChI is InChI=1S/C23H31NO3S/c1-5-7-20(6-2)18-28(25,26)24(16-21-10-8-19(3)9-11-21)17-22-12-14-23(27-4)15-13-22/h5,8-15,20H,1,6-7,16-18H2,2-4H3/t20-/m1/s1. The summed E-state index contributed by atoms with van der Waals surface area (Å²) in [4.78, 5) is 0. The van der Waals surface area contributed by atoms with E-state index >= 15 is 0 Å². The van der Waals surface area contributed by atoms with Crippen LogP contribution >= 0.6 is 0 Å². The van der Waals surface area contributed by atoms with E-state index in [2.05, 4.69) is 6.58 Å². The molecule has 0 N–H and O–H groups in total. The molecule has 152 valence electrons. The van der Waals surface area contributed by atoms with Crippen LogP contribution in [0.4, 0.5) is 0 Å². The Labute approximate surface area is 169 Å². The third-order valence-corrected chi connectivity index (χ3v) is 6.85. The van der Waals surface area contributed by atoms with Gasteiger partial charge in [-0.2, -0.15) is 4.31 Å². The summed E-state index contributed by atoms with van der Waals surface area (Å²) in [6, 6.07) is 15.6. The van der Waals surface area contributed by atoms with Crippen molar-refractivity contribution in [1.82, 2.24) is 4.31 Å². The molecule has 0 aliphatic heterocycles. The highest BCUT2D eigenvalue weighted by molar-refractivity contribution is 7.89. The number of methoxy groups -OCH3 is 1. The van der Waals surface area contributed by atoms with Gasteiger partial charge in [0.1, 0.15) is 5.75 Å². The molecule has 0 bridgehead atoms. The highest BCUT2D eigenvalue weighted by Gasteiger charge is 2.25. The average Bonchev–Trinajstić information content (AvgIpc) is 2.69. The lowest BCUT2D eigenvalue weighted by molar-refractivity contribution is 0.392. The molecule has 0 spiro atoms. The van der Waals surface area contributed by atoms with Crippen LogP contribution in [0.5, 0.6) is 5.75 Å². The van der Waals surface area contributed by atoms with E-state index in [-0.39, 0.29) is 11.7 Å². The monoisotopic (exact) mass is 401 g/mol. The van der Waals surface area contributed by atoms with Gasteiger partial charge in [0.2, 0.25) is 10.0 Å². The predicted octanol–water partition coefficient (Wildman–Crippen LogP) is 4.94. The van der Waals surface area contributed by atoms with Gasteiger partial charge in [-0.3, -0.25) is 0 Å². The van der Waals surface area contributed by atoms with Gasteiger partial charge in [0.05, 0.1) is 12.9 Å². The zero-order valence-electron chi connectivity index (χ0n) is 17.1. The Balaban J connectivity index is 2.27. The maximum Gasteiger partial charge on any atom is 0.214 e. The van der Waals surface area contributed by atoms with Crippen molar-refractivity contribution in [1.29, 1.82) is 0 Å². The summed E-state index contributed by atoms with van der Waals surface area (Å²) in [5.74, 6) is 0.977. The van der Waals surface area contributed by atoms with Crippen LogP contribution in [0, 0.1) is 12.8 Å². The van der Waals surface area contributed by atoms with Crippen LogP contribution in [0.15, 0.2) is 61.2 Å². The minimum absolute atomic E-state index is 0.0823. The van der Waals surface area contributed by atoms with Crippen molar-refractivity contribution in [2.75, 3.05) is 12.9 Å². The summed E-state index contributed by atoms with van der Waals surface area (Å²) in [6.07, 6.45) is 3.32. The van der Waals surface area contributed by atoms with Crippen LogP contribution in [0.2, 0.25) is 0 Å². The van der Waals surface area contributed by atoms with Crippen LogP contribution in [-0.4, -0.2) is 25.6 Å². The normalized spacial score (nSPS) is 12.7. The third kappa shape index (κ3) is 6.50. The van der Waals surface area contributed by atoms with E-state index in [1.165, 1.54) is 0 Å². The molecule has 2 aromatic rings. The van der Waals surface area contributed by atoms with Gasteiger partial charge in [-0.1, -0.05) is 61.4 Å². The molecular weight excluding hydrogens is 370 g/mol. The molecule has 2 aromatic carbocycles. The lowest BCUT2D eigenvalue weighted by Crippen LogP contribution is -2.34. The van der Waals surface area contributed by atoms with Gasteiger partial charge in [-0.15, -0.1) is 6.58 Å². The number of hydrogen-bond acceptors (Lipinski definition) is 3. The Morgan fingerprint density at radius 1 is 1.04 bits per heavy atom. The Morgan fingerprint density at radius 2 is 1.57 bits per heavy atom. The van der Waals surface area contributed by atoms with Crippen molar-refractivity contribution in [2.45, 2.75) is 39.8 Å². The second-order valence-corrected chi connectivity index (χ2v) is 9.19. The lowest BCUT2D eigenvalue weighted by atomic mass is 10.1. The van der Waals surface area contributed by atoms with E-state index in [1.807, 2.05) is 62.4 Å². The van der Waals surface area contributed by atoms with E-state index in [0.717, 1.165) is 28.9 Å². The van der Waals surface area contributed by atoms with E-state index in [1.54, 1.807) is 17.5 Å². The van der Waals surface area contributed by atoms with Gasteiger partial charge >= 0.3 is 0 Å². The first-order valence-electron chi connectivity index (χ1n) is 9.65. The van der Waals surface area contributed by atoms with Crippen molar-refractivity contribution >= 4 is 10.0 Å². The number of hydrogen-bond donors (Lipinski definition) is 0. The smallest absolute Gasteiger partial charge is 0.214 e. The van der Waals surface area contributed by atoms with Gasteiger partial charge in [-0.25, -0.2) is 8.42 Å². The van der Waals surface area contributed by atoms with Gasteiger partial charge < -0.3 is 4.74 Å². The Hall–Kier alpha value is -2.11. The maximum absolute atomic E-state index is 13.2. The van der Waals surface area contributed by atoms with E-state index < -0.39 is 10.0 Å². The summed E-state index contributed by atoms with van der Waals surface area (Å²) < 4.78 is 33.3. The average molecular weight is 402 g/mol. The molecule has 0 unspecified atom stereocenters. The Kier molecular flexibility index (Phi) is 8.27. The summed E-state index contributed by atoms with van der Waals surface area (Å²) in [5.41, 5.74) is 3.08. The van der Waals surface area contributed by atoms with Crippen LogP contribution in [0.25, 0.3) is 0 Å². The molecule has 28 heavy (non-hydrogen) atoms. The number of ether oxygens (including phenoxy) is 1. The molecule has 4 nitrogen and oxygen atoms in total. The third-order valence-electron chi connectivity index (χ3n) is 4.91. The minimum atomic E-state index is -3.42. The van der Waals surface area contributed by atoms with Crippen molar-refractivity contribution in [3.8, 4) is 5.75 Å². The molecule has 0 saturated heterocycles. The van der Waals surface area contributed by atoms with Crippen LogP contribution in [0.1, 0.15) is 36.5 Å². The topological polar surface area (TPSA) is 46.6 Å². The summed E-state index contributed by atoms with van der Waals surface area (Å²) >= 11 is 0. The van der Waals surface area contributed by atoms with E-state index in [9.17, 15) is 8.42 Å². The number of benzene rings is 2. The second-order valence-electron chi connectivity index (χ2n) is 7.18. The molecule has 0 saturated carbocycles. The molecule has 0 aromatic heterocycles. The number of allylic oxidation sites excluding steroid dienone is 1. The molecule has 1 atom stereocenters. The molecule has 0 amide bonds. The molecule has 0 aliphatic carbocycles. The fourth-order valence-electron chi connectivity index (χ4n) is 3.08. The molecule has 0 radical (unpaired) electrons. The van der Waals surface area contributed by atoms with Gasteiger partial charge in [0.15, 0.2) is 0 Å². The molecule has 5 heteroatoms. The SMILES string of the molecule is C=CC[C@@H](CC)CS(=O)(=O)N(Cc1ccc(C)cc1)Cc1ccc(OC)cc1. The second kappa shape index (κ2) is 10.4. The van der Waals surface area contributed by atoms with E-state index in [4.69, 9.17) is 4.74 Å². The Morgan fingerprint density at radius 3 is 2.04 bits per heavy atom. The Bertz CT molecular complexity index is 842. The zero-order valence-corrected chi connectivity index (χ0v) is 17.9. The first-order valence-corrected chi connectivity index (χ1v) is 11.3. The van der Waals surface area contributed by atoms with Gasteiger partial charge in [0.25, 0.3) is 0 Å².